The Kier molecular flexibility index (Phi) is 3.21. The lowest BCUT2D eigenvalue weighted by atomic mass is 10.1. The zero-order valence-electron chi connectivity index (χ0n) is 10.9. The molecule has 0 aromatic heterocycles. The molecule has 1 heterocycles. The van der Waals surface area contributed by atoms with Gasteiger partial charge in [0.05, 0.1) is 0 Å². The van der Waals surface area contributed by atoms with Crippen LogP contribution in [0.15, 0.2) is 42.5 Å². The van der Waals surface area contributed by atoms with Crippen molar-refractivity contribution in [3.05, 3.63) is 64.2 Å². The van der Waals surface area contributed by atoms with E-state index in [0.717, 1.165) is 23.8 Å². The van der Waals surface area contributed by atoms with Gasteiger partial charge in [0.25, 0.3) is 0 Å². The average molecular weight is 273 g/mol. The molecule has 2 nitrogen and oxygen atoms in total. The molecule has 98 valence electrons. The fourth-order valence-corrected chi connectivity index (χ4v) is 2.92. The molecule has 0 bridgehead atoms. The molecule has 0 amide bonds. The molecule has 0 saturated heterocycles. The number of fused-ring (bicyclic) bond motifs is 1. The average Bonchev–Trinajstić information content (AvgIpc) is 2.83. The SMILES string of the molecule is CC(c1cccc(Cl)c1)N1Cc2cccc(N)c2C1. The van der Waals surface area contributed by atoms with Crippen molar-refractivity contribution in [1.82, 2.24) is 4.90 Å². The maximum absolute atomic E-state index is 6.07. The number of nitrogens with two attached hydrogens (primary N) is 1. The van der Waals surface area contributed by atoms with Crippen molar-refractivity contribution in [2.45, 2.75) is 26.1 Å². The second-order valence-corrected chi connectivity index (χ2v) is 5.56. The van der Waals surface area contributed by atoms with E-state index in [-0.39, 0.29) is 0 Å². The molecule has 0 aliphatic carbocycles. The van der Waals surface area contributed by atoms with E-state index in [1.165, 1.54) is 16.7 Å². The topological polar surface area (TPSA) is 29.3 Å². The van der Waals surface area contributed by atoms with E-state index in [4.69, 9.17) is 17.3 Å². The lowest BCUT2D eigenvalue weighted by Crippen LogP contribution is -2.20. The minimum atomic E-state index is 0.338. The predicted molar refractivity (Wildman–Crippen MR) is 80.0 cm³/mol. The zero-order valence-corrected chi connectivity index (χ0v) is 11.7. The summed E-state index contributed by atoms with van der Waals surface area (Å²) >= 11 is 6.07. The molecular weight excluding hydrogens is 256 g/mol. The lowest BCUT2D eigenvalue weighted by molar-refractivity contribution is 0.215. The van der Waals surface area contributed by atoms with Gasteiger partial charge in [-0.1, -0.05) is 35.9 Å². The van der Waals surface area contributed by atoms with Crippen molar-refractivity contribution in [1.29, 1.82) is 0 Å². The van der Waals surface area contributed by atoms with Crippen molar-refractivity contribution in [3.8, 4) is 0 Å². The standard InChI is InChI=1S/C16H17ClN2/c1-11(12-4-2-6-14(17)8-12)19-9-13-5-3-7-16(18)15(13)10-19/h2-8,11H,9-10,18H2,1H3. The highest BCUT2D eigenvalue weighted by Crippen LogP contribution is 2.34. The van der Waals surface area contributed by atoms with Gasteiger partial charge in [-0.25, -0.2) is 0 Å². The lowest BCUT2D eigenvalue weighted by Gasteiger charge is -2.24. The summed E-state index contributed by atoms with van der Waals surface area (Å²) in [6.07, 6.45) is 0. The zero-order chi connectivity index (χ0) is 13.4. The first-order chi connectivity index (χ1) is 9.15. The van der Waals surface area contributed by atoms with Crippen LogP contribution in [0.2, 0.25) is 5.02 Å². The Morgan fingerprint density at radius 3 is 2.68 bits per heavy atom. The van der Waals surface area contributed by atoms with Gasteiger partial charge >= 0.3 is 0 Å². The van der Waals surface area contributed by atoms with Gasteiger partial charge in [0.15, 0.2) is 0 Å². The normalized spacial score (nSPS) is 16.3. The van der Waals surface area contributed by atoms with Crippen molar-refractivity contribution in [2.24, 2.45) is 0 Å². The first kappa shape index (κ1) is 12.5. The Morgan fingerprint density at radius 1 is 1.16 bits per heavy atom. The number of anilines is 1. The summed E-state index contributed by atoms with van der Waals surface area (Å²) in [6, 6.07) is 14.6. The molecule has 19 heavy (non-hydrogen) atoms. The minimum Gasteiger partial charge on any atom is -0.398 e. The second kappa shape index (κ2) is 4.87. The molecule has 0 spiro atoms. The van der Waals surface area contributed by atoms with Gasteiger partial charge in [-0.05, 0) is 41.8 Å². The third-order valence-corrected chi connectivity index (χ3v) is 4.16. The molecular formula is C16H17ClN2. The highest BCUT2D eigenvalue weighted by atomic mass is 35.5. The molecule has 2 aromatic rings. The highest BCUT2D eigenvalue weighted by Gasteiger charge is 2.25. The fraction of sp³-hybridized carbons (Fsp3) is 0.250. The van der Waals surface area contributed by atoms with Gasteiger partial charge in [0, 0.05) is 29.8 Å². The number of nitrogens with zero attached hydrogens (tertiary/aromatic N) is 1. The second-order valence-electron chi connectivity index (χ2n) is 5.12. The van der Waals surface area contributed by atoms with Crippen molar-refractivity contribution in [3.63, 3.8) is 0 Å². The van der Waals surface area contributed by atoms with Gasteiger partial charge in [-0.15, -0.1) is 0 Å². The van der Waals surface area contributed by atoms with Crippen LogP contribution in [-0.4, -0.2) is 4.90 Å². The number of rotatable bonds is 2. The molecule has 3 heteroatoms. The van der Waals surface area contributed by atoms with Crippen LogP contribution in [-0.2, 0) is 13.1 Å². The van der Waals surface area contributed by atoms with Gasteiger partial charge < -0.3 is 5.73 Å². The summed E-state index contributed by atoms with van der Waals surface area (Å²) in [7, 11) is 0. The van der Waals surface area contributed by atoms with Crippen LogP contribution >= 0.6 is 11.6 Å². The minimum absolute atomic E-state index is 0.338. The number of hydrogen-bond acceptors (Lipinski definition) is 2. The number of nitrogen functional groups attached to an aromatic ring is 1. The summed E-state index contributed by atoms with van der Waals surface area (Å²) in [5.41, 5.74) is 10.8. The Bertz CT molecular complexity index is 609. The van der Waals surface area contributed by atoms with Crippen LogP contribution in [0.1, 0.15) is 29.7 Å². The quantitative estimate of drug-likeness (QED) is 0.838. The van der Waals surface area contributed by atoms with E-state index in [1.807, 2.05) is 30.3 Å². The fourth-order valence-electron chi connectivity index (χ4n) is 2.72. The largest absolute Gasteiger partial charge is 0.398 e. The molecule has 1 aliphatic rings. The molecule has 0 radical (unpaired) electrons. The van der Waals surface area contributed by atoms with E-state index in [9.17, 15) is 0 Å². The predicted octanol–water partition coefficient (Wildman–Crippen LogP) is 4.00. The Hall–Kier alpha value is -1.51. The first-order valence-electron chi connectivity index (χ1n) is 6.51. The van der Waals surface area contributed by atoms with Gasteiger partial charge in [-0.2, -0.15) is 0 Å². The molecule has 1 unspecified atom stereocenters. The Balaban J connectivity index is 1.85. The molecule has 0 saturated carbocycles. The summed E-state index contributed by atoms with van der Waals surface area (Å²) in [6.45, 7) is 4.08. The van der Waals surface area contributed by atoms with Crippen molar-refractivity contribution < 1.29 is 0 Å². The van der Waals surface area contributed by atoms with Crippen LogP contribution < -0.4 is 5.73 Å². The van der Waals surface area contributed by atoms with Crippen LogP contribution in [0.5, 0.6) is 0 Å². The third kappa shape index (κ3) is 2.34. The number of benzene rings is 2. The molecule has 0 fully saturated rings. The van der Waals surface area contributed by atoms with Gasteiger partial charge in [0.1, 0.15) is 0 Å². The van der Waals surface area contributed by atoms with Crippen LogP contribution in [0.3, 0.4) is 0 Å². The van der Waals surface area contributed by atoms with Gasteiger partial charge in [0.2, 0.25) is 0 Å². The molecule has 3 rings (SSSR count). The Labute approximate surface area is 118 Å². The van der Waals surface area contributed by atoms with Gasteiger partial charge in [-0.3, -0.25) is 4.90 Å². The van der Waals surface area contributed by atoms with Crippen molar-refractivity contribution >= 4 is 17.3 Å². The smallest absolute Gasteiger partial charge is 0.0409 e. The van der Waals surface area contributed by atoms with E-state index < -0.39 is 0 Å². The molecule has 1 aliphatic heterocycles. The number of hydrogen-bond donors (Lipinski definition) is 1. The molecule has 2 N–H and O–H groups in total. The Morgan fingerprint density at radius 2 is 1.95 bits per heavy atom. The van der Waals surface area contributed by atoms with E-state index in [1.54, 1.807) is 0 Å². The van der Waals surface area contributed by atoms with Crippen LogP contribution in [0, 0.1) is 0 Å². The van der Waals surface area contributed by atoms with E-state index in [0.29, 0.717) is 6.04 Å². The molecule has 1 atom stereocenters. The van der Waals surface area contributed by atoms with Crippen LogP contribution in [0.4, 0.5) is 5.69 Å². The molecule has 2 aromatic carbocycles. The van der Waals surface area contributed by atoms with E-state index >= 15 is 0 Å². The van der Waals surface area contributed by atoms with Crippen LogP contribution in [0.25, 0.3) is 0 Å². The summed E-state index contributed by atoms with van der Waals surface area (Å²) < 4.78 is 0. The summed E-state index contributed by atoms with van der Waals surface area (Å²) in [5, 5.41) is 0.792. The maximum Gasteiger partial charge on any atom is 0.0409 e. The summed E-state index contributed by atoms with van der Waals surface area (Å²) in [5.74, 6) is 0. The van der Waals surface area contributed by atoms with E-state index in [2.05, 4.69) is 24.0 Å². The monoisotopic (exact) mass is 272 g/mol. The van der Waals surface area contributed by atoms with Crippen molar-refractivity contribution in [2.75, 3.05) is 5.73 Å². The third-order valence-electron chi connectivity index (χ3n) is 3.92. The maximum atomic E-state index is 6.07. The number of halogens is 1. The highest BCUT2D eigenvalue weighted by molar-refractivity contribution is 6.30. The summed E-state index contributed by atoms with van der Waals surface area (Å²) in [4.78, 5) is 2.42. The first-order valence-corrected chi connectivity index (χ1v) is 6.88.